The van der Waals surface area contributed by atoms with Crippen LogP contribution in [0.4, 0.5) is 4.79 Å². The van der Waals surface area contributed by atoms with E-state index < -0.39 is 125 Å². The molecule has 6 N–H and O–H groups in total. The zero-order chi connectivity index (χ0) is 45.7. The number of benzene rings is 2. The highest BCUT2D eigenvalue weighted by Gasteiger charge is 2.78. The molecular formula is C45H56N2O15. The van der Waals surface area contributed by atoms with Gasteiger partial charge in [0, 0.05) is 25.2 Å². The minimum absolute atomic E-state index is 0.0584. The fourth-order valence-corrected chi connectivity index (χ4v) is 9.85. The molecule has 1 amide bonds. The maximum atomic E-state index is 15.1. The van der Waals surface area contributed by atoms with E-state index in [0.29, 0.717) is 5.56 Å². The Morgan fingerprint density at radius 1 is 0.968 bits per heavy atom. The first kappa shape index (κ1) is 46.3. The Bertz CT molecular complexity index is 2120. The Morgan fingerprint density at radius 2 is 1.58 bits per heavy atom. The summed E-state index contributed by atoms with van der Waals surface area (Å²) in [5.74, 6) is -6.51. The van der Waals surface area contributed by atoms with E-state index in [0.717, 1.165) is 6.92 Å². The van der Waals surface area contributed by atoms with Gasteiger partial charge >= 0.3 is 30.0 Å². The number of hydrogen-bond donors (Lipinski definition) is 5. The molecule has 336 valence electrons. The number of carbonyl (C=O) groups is 6. The van der Waals surface area contributed by atoms with Gasteiger partial charge in [0.25, 0.3) is 0 Å². The SMILES string of the molecule is CC(=O)O[C@@]12CO[C@@H]1C[C@H](O)[C@@]1(C)C(=O)[C@H](O)C3=C(C)[C@@H](OC(=O)[C@H](OC(=O)CN)[C@@H](NC(=O)OC(C)(C)C)c4ccccc4)C[C@@](O)([C@@H](OC(=O)c4ccccc4)[C@H]21)C3(C)C. The van der Waals surface area contributed by atoms with Crippen molar-refractivity contribution in [2.45, 2.75) is 128 Å². The summed E-state index contributed by atoms with van der Waals surface area (Å²) in [6, 6.07) is 14.4. The van der Waals surface area contributed by atoms with Crippen LogP contribution in [0, 0.1) is 16.7 Å². The molecule has 2 aromatic rings. The fraction of sp³-hybridized carbons (Fsp3) is 0.556. The molecule has 17 nitrogen and oxygen atoms in total. The second kappa shape index (κ2) is 16.8. The third-order valence-electron chi connectivity index (χ3n) is 13.0. The molecule has 2 aromatic carbocycles. The summed E-state index contributed by atoms with van der Waals surface area (Å²) >= 11 is 0. The van der Waals surface area contributed by atoms with E-state index in [1.807, 2.05) is 0 Å². The Morgan fingerprint density at radius 3 is 2.13 bits per heavy atom. The first-order valence-electron chi connectivity index (χ1n) is 20.5. The van der Waals surface area contributed by atoms with Crippen LogP contribution in [0.25, 0.3) is 0 Å². The second-order valence-electron chi connectivity index (χ2n) is 18.2. The van der Waals surface area contributed by atoms with Gasteiger partial charge in [0.05, 0.1) is 36.2 Å². The summed E-state index contributed by atoms with van der Waals surface area (Å²) in [5.41, 5.74) is -2.89. The van der Waals surface area contributed by atoms with Crippen LogP contribution in [0.15, 0.2) is 71.8 Å². The molecule has 6 rings (SSSR count). The predicted molar refractivity (Wildman–Crippen MR) is 217 cm³/mol. The third-order valence-corrected chi connectivity index (χ3v) is 13.0. The molecule has 3 aliphatic carbocycles. The Balaban J connectivity index is 1.53. The number of carbonyl (C=O) groups excluding carboxylic acids is 6. The third kappa shape index (κ3) is 8.00. The average Bonchev–Trinajstić information content (AvgIpc) is 3.20. The van der Waals surface area contributed by atoms with Gasteiger partial charge in [0.15, 0.2) is 11.4 Å². The van der Waals surface area contributed by atoms with Crippen molar-refractivity contribution >= 4 is 35.8 Å². The summed E-state index contributed by atoms with van der Waals surface area (Å²) in [4.78, 5) is 83.0. The van der Waals surface area contributed by atoms with Crippen molar-refractivity contribution in [2.24, 2.45) is 22.5 Å². The van der Waals surface area contributed by atoms with Crippen LogP contribution in [0.1, 0.15) is 90.2 Å². The Hall–Kier alpha value is -5.20. The van der Waals surface area contributed by atoms with Gasteiger partial charge in [0.1, 0.15) is 41.7 Å². The van der Waals surface area contributed by atoms with Gasteiger partial charge in [-0.25, -0.2) is 14.4 Å². The van der Waals surface area contributed by atoms with Crippen LogP contribution < -0.4 is 11.1 Å². The van der Waals surface area contributed by atoms with Crippen molar-refractivity contribution in [3.8, 4) is 0 Å². The molecule has 17 heteroatoms. The Labute approximate surface area is 359 Å². The van der Waals surface area contributed by atoms with Crippen molar-refractivity contribution in [3.05, 3.63) is 82.9 Å². The molecule has 0 aromatic heterocycles. The van der Waals surface area contributed by atoms with Crippen LogP contribution in [-0.4, -0.2) is 118 Å². The summed E-state index contributed by atoms with van der Waals surface area (Å²) in [5, 5.41) is 40.4. The van der Waals surface area contributed by atoms with Gasteiger partial charge in [-0.15, -0.1) is 0 Å². The van der Waals surface area contributed by atoms with E-state index in [2.05, 4.69) is 5.32 Å². The topological polar surface area (TPSA) is 257 Å². The van der Waals surface area contributed by atoms with Crippen LogP contribution in [0.2, 0.25) is 0 Å². The van der Waals surface area contributed by atoms with Crippen LogP contribution in [0.3, 0.4) is 0 Å². The first-order chi connectivity index (χ1) is 28.9. The minimum Gasteiger partial charge on any atom is -0.455 e. The maximum Gasteiger partial charge on any atom is 0.408 e. The lowest BCUT2D eigenvalue weighted by molar-refractivity contribution is -0.346. The number of ether oxygens (including phenoxy) is 6. The molecule has 0 unspecified atom stereocenters. The van der Waals surface area contributed by atoms with Crippen molar-refractivity contribution in [1.29, 1.82) is 0 Å². The van der Waals surface area contributed by atoms with Crippen LogP contribution in [-0.2, 0) is 47.6 Å². The number of hydrogen-bond acceptors (Lipinski definition) is 16. The molecule has 0 radical (unpaired) electrons. The van der Waals surface area contributed by atoms with Crippen LogP contribution >= 0.6 is 0 Å². The zero-order valence-electron chi connectivity index (χ0n) is 36.0. The van der Waals surface area contributed by atoms with Gasteiger partial charge in [-0.05, 0) is 63.5 Å². The van der Waals surface area contributed by atoms with Gasteiger partial charge in [-0.3, -0.25) is 14.4 Å². The van der Waals surface area contributed by atoms with Gasteiger partial charge in [-0.2, -0.15) is 0 Å². The van der Waals surface area contributed by atoms with E-state index in [1.165, 1.54) is 39.8 Å². The van der Waals surface area contributed by atoms with Crippen LogP contribution in [0.5, 0.6) is 0 Å². The highest BCUT2D eigenvalue weighted by atomic mass is 16.6. The summed E-state index contributed by atoms with van der Waals surface area (Å²) in [6.45, 7) is 11.0. The number of nitrogens with two attached hydrogens (primary N) is 1. The molecule has 2 bridgehead atoms. The standard InChI is InChI=1S/C45H56N2O15/c1-23-27(58-39(54)34(59-30(50)21-46)32(25-15-11-9-12-16-25)47-40(55)62-41(3,4)5)20-45(56)37(60-38(53)26-17-13-10-14-18-26)35-43(8,36(52)33(51)31(23)42(45,6)7)28(49)19-29-44(35,22-57-29)61-24(2)48/h9-18,27-29,32-35,37,49,51,56H,19-22,46H2,1-8H3,(H,47,55)/t27-,28-,29+,32-,33+,34+,35-,37-,43+,44-,45+/m0/s1. The number of aliphatic hydroxyl groups excluding tert-OH is 2. The first-order valence-corrected chi connectivity index (χ1v) is 20.5. The Kier molecular flexibility index (Phi) is 12.6. The molecule has 1 saturated heterocycles. The van der Waals surface area contributed by atoms with Crippen molar-refractivity contribution in [1.82, 2.24) is 5.32 Å². The van der Waals surface area contributed by atoms with E-state index in [9.17, 15) is 39.3 Å². The molecular weight excluding hydrogens is 808 g/mol. The van der Waals surface area contributed by atoms with Gasteiger partial charge in [0.2, 0.25) is 6.10 Å². The number of rotatable bonds is 10. The predicted octanol–water partition coefficient (Wildman–Crippen LogP) is 2.77. The van der Waals surface area contributed by atoms with E-state index >= 15 is 4.79 Å². The monoisotopic (exact) mass is 864 g/mol. The number of ketones is 1. The lowest BCUT2D eigenvalue weighted by Gasteiger charge is -2.67. The normalized spacial score (nSPS) is 32.2. The van der Waals surface area contributed by atoms with Crippen molar-refractivity contribution < 1.29 is 72.5 Å². The number of fused-ring (bicyclic) bond motifs is 5. The number of Topliss-reactive ketones (excluding diaryl/α,β-unsaturated/α-hetero) is 1. The lowest BCUT2D eigenvalue weighted by atomic mass is 9.44. The van der Waals surface area contributed by atoms with Gasteiger partial charge < -0.3 is 54.8 Å². The summed E-state index contributed by atoms with van der Waals surface area (Å²) in [7, 11) is 0. The average molecular weight is 865 g/mol. The van der Waals surface area contributed by atoms with E-state index in [1.54, 1.807) is 69.3 Å². The summed E-state index contributed by atoms with van der Waals surface area (Å²) < 4.78 is 35.4. The van der Waals surface area contributed by atoms with Crippen molar-refractivity contribution in [2.75, 3.05) is 13.2 Å². The maximum absolute atomic E-state index is 15.1. The smallest absolute Gasteiger partial charge is 0.408 e. The van der Waals surface area contributed by atoms with Crippen molar-refractivity contribution in [3.63, 3.8) is 0 Å². The number of amides is 1. The molecule has 4 aliphatic rings. The zero-order valence-corrected chi connectivity index (χ0v) is 36.0. The molecule has 62 heavy (non-hydrogen) atoms. The number of aliphatic hydroxyl groups is 3. The minimum atomic E-state index is -2.41. The largest absolute Gasteiger partial charge is 0.455 e. The quantitative estimate of drug-likeness (QED) is 0.131. The number of esters is 4. The fourth-order valence-electron chi connectivity index (χ4n) is 9.85. The lowest BCUT2D eigenvalue weighted by Crippen LogP contribution is -2.81. The molecule has 1 aliphatic heterocycles. The molecule has 0 spiro atoms. The van der Waals surface area contributed by atoms with Gasteiger partial charge in [-0.1, -0.05) is 62.4 Å². The molecule has 2 saturated carbocycles. The highest BCUT2D eigenvalue weighted by molar-refractivity contribution is 5.94. The molecule has 1 heterocycles. The highest BCUT2D eigenvalue weighted by Crippen LogP contribution is 2.64. The van der Waals surface area contributed by atoms with E-state index in [-0.39, 0.29) is 29.7 Å². The van der Waals surface area contributed by atoms with E-state index in [4.69, 9.17) is 34.2 Å². The number of alkyl carbamates (subject to hydrolysis) is 1. The number of nitrogens with one attached hydrogen (secondary N) is 1. The summed E-state index contributed by atoms with van der Waals surface area (Å²) in [6.07, 6.45) is -11.7. The molecule has 11 atom stereocenters. The second-order valence-corrected chi connectivity index (χ2v) is 18.2. The molecule has 3 fully saturated rings.